The van der Waals surface area contributed by atoms with E-state index in [1.807, 2.05) is 12.1 Å². The Balaban J connectivity index is 2.07. The number of piperidine rings is 1. The van der Waals surface area contributed by atoms with E-state index in [0.29, 0.717) is 12.2 Å². The molecule has 2 aliphatic heterocycles. The van der Waals surface area contributed by atoms with E-state index >= 15 is 0 Å². The lowest BCUT2D eigenvalue weighted by Crippen LogP contribution is -2.48. The van der Waals surface area contributed by atoms with E-state index in [0.717, 1.165) is 6.54 Å². The minimum absolute atomic E-state index is 0.383. The van der Waals surface area contributed by atoms with Gasteiger partial charge in [-0.3, -0.25) is 10.3 Å². The average molecular weight is 140 g/mol. The summed E-state index contributed by atoms with van der Waals surface area (Å²) in [6.45, 7) is 1.11. The highest BCUT2D eigenvalue weighted by Gasteiger charge is 2.31. The normalized spacial score (nSPS) is 38.3. The molecule has 56 valence electrons. The third-order valence-corrected chi connectivity index (χ3v) is 2.14. The van der Waals surface area contributed by atoms with E-state index < -0.39 is 0 Å². The Hall–Kier alpha value is -0.640. The number of rotatable bonds is 0. The maximum atomic E-state index is 4.13. The number of hydrogen-bond donors (Lipinski definition) is 1. The number of hydrogen-bond acceptors (Lipinski definition) is 4. The Bertz CT molecular complexity index is 156. The van der Waals surface area contributed by atoms with Gasteiger partial charge in [0.2, 0.25) is 0 Å². The fraction of sp³-hybridized carbons (Fsp3) is 1.00. The van der Waals surface area contributed by atoms with Gasteiger partial charge in [-0.1, -0.05) is 5.22 Å². The molecule has 1 fully saturated rings. The smallest absolute Gasteiger partial charge is 0.122 e. The van der Waals surface area contributed by atoms with E-state index in [1.54, 1.807) is 0 Å². The van der Waals surface area contributed by atoms with Crippen molar-refractivity contribution in [3.05, 3.63) is 0 Å². The zero-order chi connectivity index (χ0) is 6.97. The van der Waals surface area contributed by atoms with Crippen molar-refractivity contribution in [1.82, 2.24) is 10.3 Å². The molecule has 0 aliphatic carbocycles. The van der Waals surface area contributed by atoms with Gasteiger partial charge in [-0.2, -0.15) is 5.11 Å². The molecule has 0 aromatic carbocycles. The molecule has 0 bridgehead atoms. The lowest BCUT2D eigenvalue weighted by molar-refractivity contribution is 0.199. The summed E-state index contributed by atoms with van der Waals surface area (Å²) < 4.78 is 0. The Kier molecular flexibility index (Phi) is 1.34. The van der Waals surface area contributed by atoms with Gasteiger partial charge in [0.15, 0.2) is 0 Å². The van der Waals surface area contributed by atoms with Crippen LogP contribution in [0.5, 0.6) is 0 Å². The fourth-order valence-corrected chi connectivity index (χ4v) is 1.56. The summed E-state index contributed by atoms with van der Waals surface area (Å²) in [6.07, 6.45) is 2.80. The van der Waals surface area contributed by atoms with Crippen LogP contribution >= 0.6 is 0 Å². The Labute approximate surface area is 60.3 Å². The van der Waals surface area contributed by atoms with Crippen LogP contribution in [0.3, 0.4) is 0 Å². The van der Waals surface area contributed by atoms with Crippen molar-refractivity contribution in [1.29, 1.82) is 0 Å². The largest absolute Gasteiger partial charge is 0.294 e. The Morgan fingerprint density at radius 2 is 2.50 bits per heavy atom. The Morgan fingerprint density at radius 3 is 3.30 bits per heavy atom. The lowest BCUT2D eigenvalue weighted by Gasteiger charge is -2.27. The standard InChI is InChI=1S/C6H12N4/c1-10-6-5(8-9-10)3-2-4-7-6/h5-7H,2-4H2,1H3. The molecule has 0 saturated carbocycles. The zero-order valence-corrected chi connectivity index (χ0v) is 6.12. The summed E-state index contributed by atoms with van der Waals surface area (Å²) in [7, 11) is 1.96. The van der Waals surface area contributed by atoms with E-state index in [9.17, 15) is 0 Å². The monoisotopic (exact) mass is 140 g/mol. The maximum Gasteiger partial charge on any atom is 0.122 e. The molecule has 2 heterocycles. The van der Waals surface area contributed by atoms with E-state index in [1.165, 1.54) is 12.8 Å². The third-order valence-electron chi connectivity index (χ3n) is 2.14. The number of nitrogens with one attached hydrogen (secondary N) is 1. The van der Waals surface area contributed by atoms with Gasteiger partial charge in [0.25, 0.3) is 0 Å². The second kappa shape index (κ2) is 2.20. The van der Waals surface area contributed by atoms with Crippen LogP contribution in [-0.2, 0) is 0 Å². The van der Waals surface area contributed by atoms with Crippen molar-refractivity contribution in [2.45, 2.75) is 25.0 Å². The van der Waals surface area contributed by atoms with Crippen molar-refractivity contribution < 1.29 is 0 Å². The molecule has 2 aliphatic rings. The fourth-order valence-electron chi connectivity index (χ4n) is 1.56. The summed E-state index contributed by atoms with van der Waals surface area (Å²) in [5, 5.41) is 13.4. The zero-order valence-electron chi connectivity index (χ0n) is 6.12. The molecule has 0 radical (unpaired) electrons. The number of fused-ring (bicyclic) bond motifs is 1. The quantitative estimate of drug-likeness (QED) is 0.528. The van der Waals surface area contributed by atoms with Gasteiger partial charge in [0.05, 0.1) is 0 Å². The van der Waals surface area contributed by atoms with Gasteiger partial charge in [-0.05, 0) is 19.4 Å². The summed E-state index contributed by atoms with van der Waals surface area (Å²) in [5.74, 6) is 0. The highest BCUT2D eigenvalue weighted by molar-refractivity contribution is 4.86. The first kappa shape index (κ1) is 6.09. The SMILES string of the molecule is CN1N=NC2CCCNC21. The molecule has 0 aromatic rings. The molecule has 4 nitrogen and oxygen atoms in total. The first-order valence-corrected chi connectivity index (χ1v) is 3.75. The first-order chi connectivity index (χ1) is 4.88. The first-order valence-electron chi connectivity index (χ1n) is 3.75. The highest BCUT2D eigenvalue weighted by atomic mass is 15.6. The van der Waals surface area contributed by atoms with Crippen molar-refractivity contribution >= 4 is 0 Å². The summed E-state index contributed by atoms with van der Waals surface area (Å²) >= 11 is 0. The minimum Gasteiger partial charge on any atom is -0.294 e. The van der Waals surface area contributed by atoms with Crippen LogP contribution in [0.2, 0.25) is 0 Å². The van der Waals surface area contributed by atoms with Crippen LogP contribution in [0.4, 0.5) is 0 Å². The molecule has 1 saturated heterocycles. The van der Waals surface area contributed by atoms with Crippen molar-refractivity contribution in [2.75, 3.05) is 13.6 Å². The van der Waals surface area contributed by atoms with E-state index in [2.05, 4.69) is 15.7 Å². The van der Waals surface area contributed by atoms with Crippen LogP contribution in [0.25, 0.3) is 0 Å². The minimum atomic E-state index is 0.383. The van der Waals surface area contributed by atoms with Crippen molar-refractivity contribution in [3.8, 4) is 0 Å². The van der Waals surface area contributed by atoms with Crippen molar-refractivity contribution in [3.63, 3.8) is 0 Å². The summed E-state index contributed by atoms with van der Waals surface area (Å²) in [4.78, 5) is 0. The van der Waals surface area contributed by atoms with Crippen LogP contribution in [0.15, 0.2) is 10.3 Å². The van der Waals surface area contributed by atoms with Gasteiger partial charge in [0, 0.05) is 7.05 Å². The van der Waals surface area contributed by atoms with Gasteiger partial charge in [-0.25, -0.2) is 0 Å². The maximum absolute atomic E-state index is 4.13. The average Bonchev–Trinajstić information content (AvgIpc) is 2.34. The molecule has 0 spiro atoms. The lowest BCUT2D eigenvalue weighted by atomic mass is 10.1. The Morgan fingerprint density at radius 1 is 1.60 bits per heavy atom. The molecular weight excluding hydrogens is 128 g/mol. The molecule has 4 heteroatoms. The van der Waals surface area contributed by atoms with Crippen LogP contribution < -0.4 is 5.32 Å². The summed E-state index contributed by atoms with van der Waals surface area (Å²) in [6, 6.07) is 0.416. The van der Waals surface area contributed by atoms with Crippen LogP contribution in [0, 0.1) is 0 Å². The molecule has 10 heavy (non-hydrogen) atoms. The molecule has 2 atom stereocenters. The molecule has 1 N–H and O–H groups in total. The predicted molar refractivity (Wildman–Crippen MR) is 37.4 cm³/mol. The second-order valence-electron chi connectivity index (χ2n) is 2.89. The highest BCUT2D eigenvalue weighted by Crippen LogP contribution is 2.20. The number of likely N-dealkylation sites (N-methyl/N-ethyl adjacent to an activating group) is 1. The molecule has 2 unspecified atom stereocenters. The summed E-state index contributed by atoms with van der Waals surface area (Å²) in [5.41, 5.74) is 0. The molecule has 0 aromatic heterocycles. The van der Waals surface area contributed by atoms with E-state index in [4.69, 9.17) is 0 Å². The third kappa shape index (κ3) is 0.794. The van der Waals surface area contributed by atoms with Crippen LogP contribution in [0.1, 0.15) is 12.8 Å². The van der Waals surface area contributed by atoms with Gasteiger partial charge >= 0.3 is 0 Å². The van der Waals surface area contributed by atoms with Crippen molar-refractivity contribution in [2.24, 2.45) is 10.3 Å². The number of nitrogens with zero attached hydrogens (tertiary/aromatic N) is 3. The predicted octanol–water partition coefficient (Wildman–Crippen LogP) is 0.377. The van der Waals surface area contributed by atoms with E-state index in [-0.39, 0.29) is 0 Å². The van der Waals surface area contributed by atoms with Gasteiger partial charge in [-0.15, -0.1) is 0 Å². The van der Waals surface area contributed by atoms with Gasteiger partial charge < -0.3 is 0 Å². The molecule has 2 rings (SSSR count). The molecule has 0 amide bonds. The van der Waals surface area contributed by atoms with Gasteiger partial charge in [0.1, 0.15) is 12.2 Å². The molecular formula is C6H12N4. The topological polar surface area (TPSA) is 40.0 Å². The second-order valence-corrected chi connectivity index (χ2v) is 2.89. The van der Waals surface area contributed by atoms with Crippen LogP contribution in [-0.4, -0.2) is 30.8 Å².